The molecule has 2 heteroatoms. The normalized spacial score (nSPS) is 24.5. The Morgan fingerprint density at radius 1 is 1.19 bits per heavy atom. The lowest BCUT2D eigenvalue weighted by Crippen LogP contribution is -2.37. The van der Waals surface area contributed by atoms with E-state index in [-0.39, 0.29) is 5.92 Å². The predicted octanol–water partition coefficient (Wildman–Crippen LogP) is 5.77. The Kier molecular flexibility index (Phi) is 7.07. The van der Waals surface area contributed by atoms with E-state index in [4.69, 9.17) is 0 Å². The van der Waals surface area contributed by atoms with Crippen molar-refractivity contribution < 1.29 is 4.79 Å². The summed E-state index contributed by atoms with van der Waals surface area (Å²) in [6.07, 6.45) is 18.0. The minimum atomic E-state index is 0.245. The Morgan fingerprint density at radius 3 is 2.65 bits per heavy atom. The Balaban J connectivity index is 1.39. The van der Waals surface area contributed by atoms with Crippen LogP contribution in [0.15, 0.2) is 47.1 Å². The van der Waals surface area contributed by atoms with Crippen molar-refractivity contribution in [3.8, 4) is 0 Å². The first-order valence-corrected chi connectivity index (χ1v) is 10.6. The van der Waals surface area contributed by atoms with Crippen molar-refractivity contribution in [3.05, 3.63) is 47.1 Å². The Morgan fingerprint density at radius 2 is 1.96 bits per heavy atom. The van der Waals surface area contributed by atoms with Crippen LogP contribution in [0.3, 0.4) is 0 Å². The summed E-state index contributed by atoms with van der Waals surface area (Å²) < 4.78 is 0. The van der Waals surface area contributed by atoms with Gasteiger partial charge in [0.1, 0.15) is 0 Å². The van der Waals surface area contributed by atoms with Crippen molar-refractivity contribution in [2.24, 2.45) is 5.92 Å². The van der Waals surface area contributed by atoms with E-state index >= 15 is 0 Å². The molecule has 0 N–H and O–H groups in total. The second-order valence-electron chi connectivity index (χ2n) is 8.29. The van der Waals surface area contributed by atoms with Gasteiger partial charge in [0.15, 0.2) is 5.78 Å². The Bertz CT molecular complexity index is 614. The first-order valence-electron chi connectivity index (χ1n) is 10.6. The third-order valence-electron chi connectivity index (χ3n) is 6.36. The lowest BCUT2D eigenvalue weighted by atomic mass is 9.86. The van der Waals surface area contributed by atoms with Crippen LogP contribution in [0.25, 0.3) is 0 Å². The molecule has 2 fully saturated rings. The van der Waals surface area contributed by atoms with Gasteiger partial charge < -0.3 is 4.90 Å². The lowest BCUT2D eigenvalue weighted by molar-refractivity contribution is -0.120. The molecule has 2 aliphatic carbocycles. The maximum atomic E-state index is 12.6. The highest BCUT2D eigenvalue weighted by molar-refractivity contribution is 5.99. The predicted molar refractivity (Wildman–Crippen MR) is 110 cm³/mol. The van der Waals surface area contributed by atoms with E-state index < -0.39 is 0 Å². The quantitative estimate of drug-likeness (QED) is 0.604. The Labute approximate surface area is 159 Å². The highest BCUT2D eigenvalue weighted by Crippen LogP contribution is 2.31. The van der Waals surface area contributed by atoms with E-state index in [9.17, 15) is 4.79 Å². The summed E-state index contributed by atoms with van der Waals surface area (Å²) >= 11 is 0. The number of ketones is 1. The molecular weight excluding hydrogens is 318 g/mol. The molecule has 1 saturated carbocycles. The molecular formula is C24H35NO. The largest absolute Gasteiger partial charge is 0.303 e. The molecule has 0 aromatic carbocycles. The topological polar surface area (TPSA) is 20.3 Å². The van der Waals surface area contributed by atoms with Crippen LogP contribution in [-0.2, 0) is 4.79 Å². The van der Waals surface area contributed by atoms with E-state index in [1.807, 2.05) is 6.08 Å². The van der Waals surface area contributed by atoms with Gasteiger partial charge in [-0.05, 0) is 96.3 Å². The fourth-order valence-electron chi connectivity index (χ4n) is 4.65. The van der Waals surface area contributed by atoms with Gasteiger partial charge in [-0.15, -0.1) is 0 Å². The number of carbonyl (C=O) groups excluding carboxylic acids is 1. The summed E-state index contributed by atoms with van der Waals surface area (Å²) in [5.41, 5.74) is 5.48. The zero-order chi connectivity index (χ0) is 18.4. The van der Waals surface area contributed by atoms with Gasteiger partial charge in [-0.3, -0.25) is 4.79 Å². The average molecular weight is 354 g/mol. The van der Waals surface area contributed by atoms with E-state index in [0.29, 0.717) is 5.78 Å². The van der Waals surface area contributed by atoms with Gasteiger partial charge in [-0.25, -0.2) is 0 Å². The van der Waals surface area contributed by atoms with Crippen molar-refractivity contribution in [2.75, 3.05) is 19.6 Å². The second kappa shape index (κ2) is 9.50. The minimum Gasteiger partial charge on any atom is -0.303 e. The first kappa shape index (κ1) is 19.4. The third-order valence-corrected chi connectivity index (χ3v) is 6.36. The first-order chi connectivity index (χ1) is 12.6. The molecule has 0 amide bonds. The minimum absolute atomic E-state index is 0.245. The second-order valence-corrected chi connectivity index (χ2v) is 8.29. The van der Waals surface area contributed by atoms with Crippen molar-refractivity contribution in [2.45, 2.75) is 71.1 Å². The fourth-order valence-corrected chi connectivity index (χ4v) is 4.65. The number of allylic oxidation sites excluding steroid dienone is 7. The van der Waals surface area contributed by atoms with Crippen LogP contribution < -0.4 is 0 Å². The third kappa shape index (κ3) is 5.07. The summed E-state index contributed by atoms with van der Waals surface area (Å²) in [6.45, 7) is 9.90. The SMILES string of the molecule is C=C1CCCC/C1=C(/C)CCCN1CCC(C(=O)C2=CCCC=C2)CC1. The number of hydrogen-bond acceptors (Lipinski definition) is 2. The maximum Gasteiger partial charge on any atom is 0.165 e. The van der Waals surface area contributed by atoms with Crippen LogP contribution in [0.5, 0.6) is 0 Å². The lowest BCUT2D eigenvalue weighted by Gasteiger charge is -2.31. The summed E-state index contributed by atoms with van der Waals surface area (Å²) in [5, 5.41) is 0. The van der Waals surface area contributed by atoms with Crippen LogP contribution in [-0.4, -0.2) is 30.3 Å². The van der Waals surface area contributed by atoms with Crippen LogP contribution in [0.4, 0.5) is 0 Å². The molecule has 3 rings (SSSR count). The van der Waals surface area contributed by atoms with Gasteiger partial charge in [0.25, 0.3) is 0 Å². The number of Topliss-reactive ketones (excluding diaryl/α,β-unsaturated/α-hetero) is 1. The van der Waals surface area contributed by atoms with Gasteiger partial charge in [0.05, 0.1) is 0 Å². The average Bonchev–Trinajstić information content (AvgIpc) is 2.69. The molecule has 0 atom stereocenters. The van der Waals surface area contributed by atoms with E-state index in [0.717, 1.165) is 44.3 Å². The van der Waals surface area contributed by atoms with E-state index in [2.05, 4.69) is 30.6 Å². The maximum absolute atomic E-state index is 12.6. The van der Waals surface area contributed by atoms with Gasteiger partial charge in [0, 0.05) is 11.5 Å². The molecule has 1 saturated heterocycles. The number of nitrogens with zero attached hydrogens (tertiary/aromatic N) is 1. The van der Waals surface area contributed by atoms with Crippen molar-refractivity contribution in [1.29, 1.82) is 0 Å². The van der Waals surface area contributed by atoms with Crippen LogP contribution in [0.2, 0.25) is 0 Å². The van der Waals surface area contributed by atoms with Gasteiger partial charge in [0.2, 0.25) is 0 Å². The zero-order valence-electron chi connectivity index (χ0n) is 16.6. The molecule has 0 radical (unpaired) electrons. The number of likely N-dealkylation sites (tertiary alicyclic amines) is 1. The molecule has 0 unspecified atom stereocenters. The highest BCUT2D eigenvalue weighted by atomic mass is 16.1. The van der Waals surface area contributed by atoms with Crippen molar-refractivity contribution in [3.63, 3.8) is 0 Å². The Hall–Kier alpha value is -1.41. The molecule has 0 bridgehead atoms. The van der Waals surface area contributed by atoms with Crippen molar-refractivity contribution in [1.82, 2.24) is 4.90 Å². The standard InChI is InChI=1S/C24H35NO/c1-19-9-6-7-13-23(19)20(2)10-8-16-25-17-14-22(15-18-25)24(26)21-11-4-3-5-12-21/h4,11-12,22H,1,3,5-10,13-18H2,2H3/b23-20+. The summed E-state index contributed by atoms with van der Waals surface area (Å²) in [5.74, 6) is 0.631. The van der Waals surface area contributed by atoms with E-state index in [1.54, 1.807) is 11.1 Å². The number of hydrogen-bond donors (Lipinski definition) is 0. The molecule has 0 aromatic rings. The number of rotatable bonds is 6. The molecule has 1 heterocycles. The molecule has 1 aliphatic heterocycles. The zero-order valence-corrected chi connectivity index (χ0v) is 16.6. The fraction of sp³-hybridized carbons (Fsp3) is 0.625. The molecule has 142 valence electrons. The van der Waals surface area contributed by atoms with Crippen LogP contribution >= 0.6 is 0 Å². The summed E-state index contributed by atoms with van der Waals surface area (Å²) in [4.78, 5) is 15.2. The summed E-state index contributed by atoms with van der Waals surface area (Å²) in [7, 11) is 0. The number of piperidine rings is 1. The van der Waals surface area contributed by atoms with Crippen molar-refractivity contribution >= 4 is 5.78 Å². The highest BCUT2D eigenvalue weighted by Gasteiger charge is 2.26. The van der Waals surface area contributed by atoms with Gasteiger partial charge in [-0.2, -0.15) is 0 Å². The smallest absolute Gasteiger partial charge is 0.165 e. The molecule has 3 aliphatic rings. The number of carbonyl (C=O) groups is 1. The van der Waals surface area contributed by atoms with Gasteiger partial charge >= 0.3 is 0 Å². The van der Waals surface area contributed by atoms with Crippen LogP contribution in [0.1, 0.15) is 71.1 Å². The van der Waals surface area contributed by atoms with E-state index in [1.165, 1.54) is 50.6 Å². The van der Waals surface area contributed by atoms with Gasteiger partial charge in [-0.1, -0.05) is 36.0 Å². The molecule has 26 heavy (non-hydrogen) atoms. The molecule has 2 nitrogen and oxygen atoms in total. The summed E-state index contributed by atoms with van der Waals surface area (Å²) in [6, 6.07) is 0. The van der Waals surface area contributed by atoms with Crippen LogP contribution in [0, 0.1) is 5.92 Å². The molecule has 0 spiro atoms. The molecule has 0 aromatic heterocycles. The monoisotopic (exact) mass is 353 g/mol.